The Kier molecular flexibility index (Phi) is 4.46. The minimum absolute atomic E-state index is 0.0341. The van der Waals surface area contributed by atoms with E-state index >= 15 is 0 Å². The van der Waals surface area contributed by atoms with E-state index in [-0.39, 0.29) is 23.7 Å². The number of carbonyl (C=O) groups excluding carboxylic acids is 2. The van der Waals surface area contributed by atoms with Gasteiger partial charge in [0.1, 0.15) is 0 Å². The number of rotatable bonds is 4. The van der Waals surface area contributed by atoms with Crippen molar-refractivity contribution in [3.63, 3.8) is 0 Å². The van der Waals surface area contributed by atoms with Crippen LogP contribution in [0, 0.1) is 11.8 Å². The topological polar surface area (TPSA) is 46.6 Å². The van der Waals surface area contributed by atoms with Crippen LogP contribution in [0.5, 0.6) is 0 Å². The third-order valence-electron chi connectivity index (χ3n) is 4.76. The van der Waals surface area contributed by atoms with Crippen LogP contribution >= 0.6 is 0 Å². The molecule has 3 rings (SSSR count). The van der Waals surface area contributed by atoms with Crippen molar-refractivity contribution in [3.05, 3.63) is 35.9 Å². The lowest BCUT2D eigenvalue weighted by Crippen LogP contribution is -2.41. The van der Waals surface area contributed by atoms with Gasteiger partial charge in [-0.05, 0) is 37.7 Å². The predicted octanol–water partition coefficient (Wildman–Crippen LogP) is 2.59. The third kappa shape index (κ3) is 3.16. The quantitative estimate of drug-likeness (QED) is 0.803. The van der Waals surface area contributed by atoms with Gasteiger partial charge in [0.15, 0.2) is 0 Å². The van der Waals surface area contributed by atoms with Crippen molar-refractivity contribution < 1.29 is 14.3 Å². The number of ether oxygens (including phenoxy) is 1. The lowest BCUT2D eigenvalue weighted by molar-refractivity contribution is -0.151. The second-order valence-electron chi connectivity index (χ2n) is 6.21. The molecule has 0 bridgehead atoms. The Morgan fingerprint density at radius 1 is 1.18 bits per heavy atom. The standard InChI is InChI=1S/C18H23NO3/c1-2-22-18(21)14-8-10-19(11-9-14)17(20)16-12-15(16)13-6-4-3-5-7-13/h3-7,14-16H,2,8-12H2,1H3. The number of nitrogens with zero attached hydrogens (tertiary/aromatic N) is 1. The van der Waals surface area contributed by atoms with E-state index in [0.29, 0.717) is 25.6 Å². The molecule has 1 aliphatic carbocycles. The molecule has 1 saturated heterocycles. The Balaban J connectivity index is 1.50. The average Bonchev–Trinajstić information content (AvgIpc) is 3.36. The molecule has 0 aromatic heterocycles. The number of likely N-dealkylation sites (tertiary alicyclic amines) is 1. The number of esters is 1. The Labute approximate surface area is 131 Å². The van der Waals surface area contributed by atoms with Gasteiger partial charge in [-0.1, -0.05) is 30.3 Å². The van der Waals surface area contributed by atoms with E-state index in [2.05, 4.69) is 12.1 Å². The Morgan fingerprint density at radius 2 is 1.86 bits per heavy atom. The summed E-state index contributed by atoms with van der Waals surface area (Å²) in [5.74, 6) is 0.644. The van der Waals surface area contributed by atoms with Crippen LogP contribution in [0.4, 0.5) is 0 Å². The average molecular weight is 301 g/mol. The van der Waals surface area contributed by atoms with Gasteiger partial charge < -0.3 is 9.64 Å². The highest BCUT2D eigenvalue weighted by atomic mass is 16.5. The van der Waals surface area contributed by atoms with Gasteiger partial charge in [-0.2, -0.15) is 0 Å². The summed E-state index contributed by atoms with van der Waals surface area (Å²) >= 11 is 0. The molecule has 1 aromatic carbocycles. The molecule has 1 amide bonds. The number of benzene rings is 1. The maximum Gasteiger partial charge on any atom is 0.309 e. The first-order valence-corrected chi connectivity index (χ1v) is 8.21. The summed E-state index contributed by atoms with van der Waals surface area (Å²) in [5.41, 5.74) is 1.27. The molecule has 1 aromatic rings. The summed E-state index contributed by atoms with van der Waals surface area (Å²) in [5, 5.41) is 0. The summed E-state index contributed by atoms with van der Waals surface area (Å²) in [7, 11) is 0. The van der Waals surface area contributed by atoms with Gasteiger partial charge in [-0.25, -0.2) is 0 Å². The number of piperidine rings is 1. The number of amides is 1. The summed E-state index contributed by atoms with van der Waals surface area (Å²) < 4.78 is 5.07. The summed E-state index contributed by atoms with van der Waals surface area (Å²) in [6.45, 7) is 3.62. The first-order valence-electron chi connectivity index (χ1n) is 8.21. The monoisotopic (exact) mass is 301 g/mol. The zero-order valence-corrected chi connectivity index (χ0v) is 13.0. The number of hydrogen-bond acceptors (Lipinski definition) is 3. The van der Waals surface area contributed by atoms with Crippen molar-refractivity contribution in [2.75, 3.05) is 19.7 Å². The van der Waals surface area contributed by atoms with E-state index in [4.69, 9.17) is 4.74 Å². The second-order valence-corrected chi connectivity index (χ2v) is 6.21. The highest BCUT2D eigenvalue weighted by molar-refractivity contribution is 5.83. The summed E-state index contributed by atoms with van der Waals surface area (Å²) in [6, 6.07) is 10.3. The molecule has 2 atom stereocenters. The van der Waals surface area contributed by atoms with Crippen molar-refractivity contribution in [2.45, 2.75) is 32.1 Å². The van der Waals surface area contributed by atoms with Crippen LogP contribution in [0.3, 0.4) is 0 Å². The van der Waals surface area contributed by atoms with Crippen molar-refractivity contribution >= 4 is 11.9 Å². The van der Waals surface area contributed by atoms with Crippen LogP contribution < -0.4 is 0 Å². The third-order valence-corrected chi connectivity index (χ3v) is 4.76. The fourth-order valence-corrected chi connectivity index (χ4v) is 3.37. The van der Waals surface area contributed by atoms with E-state index < -0.39 is 0 Å². The van der Waals surface area contributed by atoms with Crippen LogP contribution in [0.2, 0.25) is 0 Å². The number of hydrogen-bond donors (Lipinski definition) is 0. The fraction of sp³-hybridized carbons (Fsp3) is 0.556. The molecule has 2 unspecified atom stereocenters. The van der Waals surface area contributed by atoms with Crippen LogP contribution in [0.1, 0.15) is 37.7 Å². The molecule has 1 saturated carbocycles. The number of carbonyl (C=O) groups is 2. The fourth-order valence-electron chi connectivity index (χ4n) is 3.37. The molecule has 0 spiro atoms. The Hall–Kier alpha value is -1.84. The van der Waals surface area contributed by atoms with Gasteiger partial charge in [0.05, 0.1) is 12.5 Å². The van der Waals surface area contributed by atoms with E-state index in [0.717, 1.165) is 19.3 Å². The molecule has 118 valence electrons. The summed E-state index contributed by atoms with van der Waals surface area (Å²) in [4.78, 5) is 26.2. The molecule has 2 fully saturated rings. The van der Waals surface area contributed by atoms with Crippen molar-refractivity contribution in [2.24, 2.45) is 11.8 Å². The lowest BCUT2D eigenvalue weighted by atomic mass is 9.96. The molecule has 1 heterocycles. The maximum absolute atomic E-state index is 12.6. The van der Waals surface area contributed by atoms with Gasteiger partial charge in [0.2, 0.25) is 5.91 Å². The van der Waals surface area contributed by atoms with Gasteiger partial charge in [0.25, 0.3) is 0 Å². The van der Waals surface area contributed by atoms with Gasteiger partial charge in [-0.15, -0.1) is 0 Å². The molecule has 4 nitrogen and oxygen atoms in total. The first-order chi connectivity index (χ1) is 10.7. The minimum Gasteiger partial charge on any atom is -0.466 e. The molecular weight excluding hydrogens is 278 g/mol. The Morgan fingerprint density at radius 3 is 2.50 bits per heavy atom. The van der Waals surface area contributed by atoms with E-state index in [1.54, 1.807) is 0 Å². The lowest BCUT2D eigenvalue weighted by Gasteiger charge is -2.31. The molecule has 2 aliphatic rings. The first kappa shape index (κ1) is 15.1. The SMILES string of the molecule is CCOC(=O)C1CCN(C(=O)C2CC2c2ccccc2)CC1. The molecule has 0 N–H and O–H groups in total. The highest BCUT2D eigenvalue weighted by Crippen LogP contribution is 2.48. The van der Waals surface area contributed by atoms with Gasteiger partial charge in [-0.3, -0.25) is 9.59 Å². The van der Waals surface area contributed by atoms with Crippen LogP contribution in [-0.4, -0.2) is 36.5 Å². The van der Waals surface area contributed by atoms with Crippen molar-refractivity contribution in [3.8, 4) is 0 Å². The zero-order valence-electron chi connectivity index (χ0n) is 13.0. The normalized spacial score (nSPS) is 24.9. The molecular formula is C18H23NO3. The van der Waals surface area contributed by atoms with Crippen LogP contribution in [0.25, 0.3) is 0 Å². The predicted molar refractivity (Wildman–Crippen MR) is 83.2 cm³/mol. The molecule has 4 heteroatoms. The van der Waals surface area contributed by atoms with Crippen molar-refractivity contribution in [1.82, 2.24) is 4.90 Å². The van der Waals surface area contributed by atoms with E-state index in [1.807, 2.05) is 30.0 Å². The molecule has 0 radical (unpaired) electrons. The largest absolute Gasteiger partial charge is 0.466 e. The van der Waals surface area contributed by atoms with Gasteiger partial charge in [0, 0.05) is 19.0 Å². The minimum atomic E-state index is -0.108. The summed E-state index contributed by atoms with van der Waals surface area (Å²) in [6.07, 6.45) is 2.42. The second kappa shape index (κ2) is 6.51. The molecule has 22 heavy (non-hydrogen) atoms. The Bertz CT molecular complexity index is 535. The van der Waals surface area contributed by atoms with Crippen molar-refractivity contribution in [1.29, 1.82) is 0 Å². The van der Waals surface area contributed by atoms with Gasteiger partial charge >= 0.3 is 5.97 Å². The van der Waals surface area contributed by atoms with E-state index in [9.17, 15) is 9.59 Å². The van der Waals surface area contributed by atoms with E-state index in [1.165, 1.54) is 5.56 Å². The molecule has 1 aliphatic heterocycles. The zero-order chi connectivity index (χ0) is 15.5. The van der Waals surface area contributed by atoms with Crippen LogP contribution in [-0.2, 0) is 14.3 Å². The maximum atomic E-state index is 12.6. The van der Waals surface area contributed by atoms with Crippen LogP contribution in [0.15, 0.2) is 30.3 Å². The highest BCUT2D eigenvalue weighted by Gasteiger charge is 2.46. The smallest absolute Gasteiger partial charge is 0.309 e.